The quantitative estimate of drug-likeness (QED) is 0.586. The van der Waals surface area contributed by atoms with Gasteiger partial charge in [-0.05, 0) is 17.2 Å². The Morgan fingerprint density at radius 1 is 1.18 bits per heavy atom. The zero-order valence-electron chi connectivity index (χ0n) is 8.55. The minimum Gasteiger partial charge on any atom is -0.298 e. The summed E-state index contributed by atoms with van der Waals surface area (Å²) in [5, 5.41) is 20.2. The first-order valence-corrected chi connectivity index (χ1v) is 4.81. The highest BCUT2D eigenvalue weighted by Crippen LogP contribution is 2.32. The van der Waals surface area contributed by atoms with Gasteiger partial charge in [-0.2, -0.15) is 0 Å². The van der Waals surface area contributed by atoms with Gasteiger partial charge >= 0.3 is 0 Å². The van der Waals surface area contributed by atoms with Gasteiger partial charge < -0.3 is 0 Å². The second-order valence-electron chi connectivity index (χ2n) is 3.51. The van der Waals surface area contributed by atoms with Crippen LogP contribution in [0, 0.1) is 20.2 Å². The number of hydrogen-bond donors (Lipinski definition) is 0. The zero-order chi connectivity index (χ0) is 12.4. The Morgan fingerprint density at radius 2 is 1.88 bits per heavy atom. The van der Waals surface area contributed by atoms with Gasteiger partial charge in [0, 0.05) is 4.92 Å². The normalized spacial score (nSPS) is 21.6. The van der Waals surface area contributed by atoms with Crippen molar-refractivity contribution in [1.29, 1.82) is 0 Å². The zero-order valence-corrected chi connectivity index (χ0v) is 8.55. The Labute approximate surface area is 95.6 Å². The van der Waals surface area contributed by atoms with Gasteiger partial charge in [0.2, 0.25) is 6.10 Å². The summed E-state index contributed by atoms with van der Waals surface area (Å²) in [5.41, 5.74) is 1.14. The molecule has 1 aliphatic rings. The van der Waals surface area contributed by atoms with E-state index in [0.717, 1.165) is 0 Å². The molecule has 0 saturated carbocycles. The molecule has 7 heteroatoms. The van der Waals surface area contributed by atoms with Gasteiger partial charge in [0.25, 0.3) is 11.1 Å². The molecule has 0 amide bonds. The molecule has 1 aromatic carbocycles. The topological polar surface area (TPSA) is 95.5 Å². The predicted molar refractivity (Wildman–Crippen MR) is 57.1 cm³/mol. The van der Waals surface area contributed by atoms with Crippen LogP contribution in [0.1, 0.15) is 17.2 Å². The molecule has 2 unspecified atom stereocenters. The first-order valence-electron chi connectivity index (χ1n) is 4.81. The third kappa shape index (κ3) is 2.07. The number of nitrogens with zero attached hydrogens (tertiary/aromatic N) is 2. The fourth-order valence-corrected chi connectivity index (χ4v) is 1.80. The molecule has 2 rings (SSSR count). The van der Waals surface area contributed by atoms with Crippen molar-refractivity contribution in [2.75, 3.05) is 0 Å². The molecule has 0 spiro atoms. The molecule has 0 N–H and O–H groups in total. The predicted octanol–water partition coefficient (Wildman–Crippen LogP) is 1.61. The van der Waals surface area contributed by atoms with E-state index in [2.05, 4.69) is 4.84 Å². The van der Waals surface area contributed by atoms with E-state index >= 15 is 0 Å². The lowest BCUT2D eigenvalue weighted by molar-refractivity contribution is -0.779. The SMILES string of the molecule is O=[N+]([O-])OC1c2ccccc2C=CC1[N+](=O)[O-]. The molecule has 0 aliphatic heterocycles. The third-order valence-electron chi connectivity index (χ3n) is 2.53. The van der Waals surface area contributed by atoms with Gasteiger partial charge in [0.1, 0.15) is 0 Å². The van der Waals surface area contributed by atoms with Crippen molar-refractivity contribution in [3.8, 4) is 0 Å². The van der Waals surface area contributed by atoms with Crippen LogP contribution in [0.2, 0.25) is 0 Å². The molecule has 0 bridgehead atoms. The van der Waals surface area contributed by atoms with Crippen molar-refractivity contribution in [1.82, 2.24) is 0 Å². The van der Waals surface area contributed by atoms with Gasteiger partial charge in [0.05, 0.1) is 0 Å². The molecule has 88 valence electrons. The van der Waals surface area contributed by atoms with Gasteiger partial charge in [-0.15, -0.1) is 10.1 Å². The van der Waals surface area contributed by atoms with Crippen molar-refractivity contribution < 1.29 is 14.8 Å². The minimum absolute atomic E-state index is 0.452. The van der Waals surface area contributed by atoms with Crippen LogP contribution in [0.25, 0.3) is 6.08 Å². The summed E-state index contributed by atoms with van der Waals surface area (Å²) >= 11 is 0. The van der Waals surface area contributed by atoms with Gasteiger partial charge in [0.15, 0.2) is 0 Å². The Bertz CT molecular complexity index is 499. The Kier molecular flexibility index (Phi) is 2.73. The van der Waals surface area contributed by atoms with Crippen LogP contribution >= 0.6 is 0 Å². The number of rotatable bonds is 3. The fourth-order valence-electron chi connectivity index (χ4n) is 1.80. The Morgan fingerprint density at radius 3 is 2.53 bits per heavy atom. The molecular weight excluding hydrogens is 228 g/mol. The number of hydrogen-bond acceptors (Lipinski definition) is 5. The van der Waals surface area contributed by atoms with Crippen molar-refractivity contribution >= 4 is 6.08 Å². The largest absolute Gasteiger partial charge is 0.298 e. The average Bonchev–Trinajstić information content (AvgIpc) is 2.28. The summed E-state index contributed by atoms with van der Waals surface area (Å²) in [6, 6.07) is 5.47. The summed E-state index contributed by atoms with van der Waals surface area (Å²) in [6.07, 6.45) is 1.68. The van der Waals surface area contributed by atoms with E-state index in [1.165, 1.54) is 6.08 Å². The van der Waals surface area contributed by atoms with Gasteiger partial charge in [-0.3, -0.25) is 15.0 Å². The smallest absolute Gasteiger partial charge is 0.295 e. The molecule has 1 aromatic rings. The molecule has 2 atom stereocenters. The minimum atomic E-state index is -1.24. The monoisotopic (exact) mass is 236 g/mol. The highest BCUT2D eigenvalue weighted by Gasteiger charge is 2.37. The second-order valence-corrected chi connectivity index (χ2v) is 3.51. The van der Waals surface area contributed by atoms with E-state index in [4.69, 9.17) is 0 Å². The Balaban J connectivity index is 2.43. The molecule has 0 radical (unpaired) electrons. The lowest BCUT2D eigenvalue weighted by Gasteiger charge is -2.22. The number of nitro groups is 1. The molecule has 0 heterocycles. The van der Waals surface area contributed by atoms with Crippen molar-refractivity contribution in [2.24, 2.45) is 0 Å². The second kappa shape index (κ2) is 4.20. The van der Waals surface area contributed by atoms with E-state index < -0.39 is 22.2 Å². The van der Waals surface area contributed by atoms with E-state index in [9.17, 15) is 20.2 Å². The Hall–Kier alpha value is -2.44. The maximum Gasteiger partial charge on any atom is 0.295 e. The molecule has 1 aliphatic carbocycles. The van der Waals surface area contributed by atoms with Crippen LogP contribution in [0.5, 0.6) is 0 Å². The molecule has 17 heavy (non-hydrogen) atoms. The summed E-state index contributed by atoms with van der Waals surface area (Å²) in [7, 11) is 0. The van der Waals surface area contributed by atoms with E-state index in [1.807, 2.05) is 0 Å². The molecule has 7 nitrogen and oxygen atoms in total. The van der Waals surface area contributed by atoms with Gasteiger partial charge in [-0.1, -0.05) is 30.3 Å². The molecular formula is C10H8N2O5. The first-order chi connectivity index (χ1) is 8.09. The highest BCUT2D eigenvalue weighted by molar-refractivity contribution is 5.58. The average molecular weight is 236 g/mol. The molecule has 0 saturated heterocycles. The molecule has 0 fully saturated rings. The lowest BCUT2D eigenvalue weighted by Crippen LogP contribution is -2.31. The van der Waals surface area contributed by atoms with E-state index in [1.54, 1.807) is 30.3 Å². The third-order valence-corrected chi connectivity index (χ3v) is 2.53. The summed E-state index contributed by atoms with van der Waals surface area (Å²) in [5.74, 6) is 0. The van der Waals surface area contributed by atoms with Gasteiger partial charge in [-0.25, -0.2) is 0 Å². The maximum absolute atomic E-state index is 10.8. The van der Waals surface area contributed by atoms with Crippen LogP contribution in [0.4, 0.5) is 0 Å². The number of fused-ring (bicyclic) bond motifs is 1. The van der Waals surface area contributed by atoms with E-state index in [0.29, 0.717) is 11.1 Å². The van der Waals surface area contributed by atoms with Crippen LogP contribution < -0.4 is 0 Å². The van der Waals surface area contributed by atoms with Crippen molar-refractivity contribution in [3.05, 3.63) is 61.7 Å². The highest BCUT2D eigenvalue weighted by atomic mass is 17.0. The van der Waals surface area contributed by atoms with Crippen LogP contribution in [-0.4, -0.2) is 16.1 Å². The maximum atomic E-state index is 10.8. The fraction of sp³-hybridized carbons (Fsp3) is 0.200. The first kappa shape index (κ1) is 11.1. The summed E-state index contributed by atoms with van der Waals surface area (Å²) in [6.45, 7) is 0. The van der Waals surface area contributed by atoms with Crippen LogP contribution in [0.15, 0.2) is 30.3 Å². The van der Waals surface area contributed by atoms with Crippen molar-refractivity contribution in [2.45, 2.75) is 12.1 Å². The number of benzene rings is 1. The summed E-state index contributed by atoms with van der Waals surface area (Å²) < 4.78 is 0. The lowest BCUT2D eigenvalue weighted by atomic mass is 9.92. The van der Waals surface area contributed by atoms with Crippen molar-refractivity contribution in [3.63, 3.8) is 0 Å². The van der Waals surface area contributed by atoms with Crippen LogP contribution in [0.3, 0.4) is 0 Å². The standard InChI is InChI=1S/C10H8N2O5/c13-11(14)9-6-5-7-3-1-2-4-8(7)10(9)17-12(15)16/h1-6,9-10H. The summed E-state index contributed by atoms with van der Waals surface area (Å²) in [4.78, 5) is 25.0. The van der Waals surface area contributed by atoms with Crippen LogP contribution in [-0.2, 0) is 4.84 Å². The molecule has 0 aromatic heterocycles. The van der Waals surface area contributed by atoms with E-state index in [-0.39, 0.29) is 0 Å².